The quantitative estimate of drug-likeness (QED) is 0.798. The van der Waals surface area contributed by atoms with Crippen molar-refractivity contribution in [2.24, 2.45) is 13.0 Å². The summed E-state index contributed by atoms with van der Waals surface area (Å²) in [4.78, 5) is 0. The summed E-state index contributed by atoms with van der Waals surface area (Å²) in [6.07, 6.45) is 5.33. The molecule has 1 fully saturated rings. The second-order valence-corrected chi connectivity index (χ2v) is 4.84. The Kier molecular flexibility index (Phi) is 3.59. The molecule has 0 aliphatic heterocycles. The van der Waals surface area contributed by atoms with E-state index < -0.39 is 0 Å². The van der Waals surface area contributed by atoms with Crippen molar-refractivity contribution in [1.82, 2.24) is 20.1 Å². The first-order valence-electron chi connectivity index (χ1n) is 6.30. The summed E-state index contributed by atoms with van der Waals surface area (Å²) in [7, 11) is 2.03. The van der Waals surface area contributed by atoms with Crippen LogP contribution in [0.4, 0.5) is 0 Å². The lowest BCUT2D eigenvalue weighted by molar-refractivity contribution is 0.421. The first kappa shape index (κ1) is 11.6. The predicted octanol–water partition coefficient (Wildman–Crippen LogP) is 1.79. The Morgan fingerprint density at radius 1 is 1.44 bits per heavy atom. The van der Waals surface area contributed by atoms with Gasteiger partial charge < -0.3 is 9.88 Å². The maximum absolute atomic E-state index is 4.18. The Morgan fingerprint density at radius 2 is 2.19 bits per heavy atom. The van der Waals surface area contributed by atoms with E-state index in [1.54, 1.807) is 0 Å². The molecule has 0 radical (unpaired) electrons. The summed E-state index contributed by atoms with van der Waals surface area (Å²) in [5.41, 5.74) is 0. The summed E-state index contributed by atoms with van der Waals surface area (Å²) in [6.45, 7) is 5.09. The highest BCUT2D eigenvalue weighted by atomic mass is 15.3. The summed E-state index contributed by atoms with van der Waals surface area (Å²) in [5, 5.41) is 11.9. The lowest BCUT2D eigenvalue weighted by atomic mass is 10.1. The number of aryl methyl sites for hydroxylation is 1. The van der Waals surface area contributed by atoms with Crippen molar-refractivity contribution in [2.45, 2.75) is 52.1 Å². The molecule has 0 bridgehead atoms. The van der Waals surface area contributed by atoms with Gasteiger partial charge in [-0.3, -0.25) is 0 Å². The molecule has 1 N–H and O–H groups in total. The maximum atomic E-state index is 4.18. The molecule has 4 heteroatoms. The van der Waals surface area contributed by atoms with Crippen LogP contribution in [0.5, 0.6) is 0 Å². The minimum Gasteiger partial charge on any atom is -0.317 e. The number of hydrogen-bond donors (Lipinski definition) is 1. The molecule has 4 nitrogen and oxygen atoms in total. The maximum Gasteiger partial charge on any atom is 0.146 e. The molecular formula is C12H22N4. The molecule has 0 spiro atoms. The molecule has 1 atom stereocenters. The summed E-state index contributed by atoms with van der Waals surface area (Å²) >= 11 is 0. The standard InChI is InChI=1S/C12H22N4/c1-4-5-11(10-6-7-10)13-8-12-15-14-9(2)16(12)3/h10-11,13H,4-8H2,1-3H3. The van der Waals surface area contributed by atoms with Gasteiger partial charge in [0.15, 0.2) is 0 Å². The van der Waals surface area contributed by atoms with E-state index in [0.717, 1.165) is 24.1 Å². The van der Waals surface area contributed by atoms with Gasteiger partial charge in [0.25, 0.3) is 0 Å². The van der Waals surface area contributed by atoms with Gasteiger partial charge in [-0.2, -0.15) is 0 Å². The van der Waals surface area contributed by atoms with Crippen LogP contribution in [0.15, 0.2) is 0 Å². The average molecular weight is 222 g/mol. The molecule has 1 aromatic rings. The van der Waals surface area contributed by atoms with Crippen LogP contribution >= 0.6 is 0 Å². The van der Waals surface area contributed by atoms with Crippen molar-refractivity contribution >= 4 is 0 Å². The van der Waals surface area contributed by atoms with Crippen LogP contribution in [0.3, 0.4) is 0 Å². The molecular weight excluding hydrogens is 200 g/mol. The van der Waals surface area contributed by atoms with Gasteiger partial charge in [-0.1, -0.05) is 13.3 Å². The van der Waals surface area contributed by atoms with E-state index in [0.29, 0.717) is 6.04 Å². The minimum atomic E-state index is 0.682. The van der Waals surface area contributed by atoms with Crippen molar-refractivity contribution in [3.8, 4) is 0 Å². The molecule has 1 aromatic heterocycles. The fourth-order valence-electron chi connectivity index (χ4n) is 2.14. The fourth-order valence-corrected chi connectivity index (χ4v) is 2.14. The highest BCUT2D eigenvalue weighted by Crippen LogP contribution is 2.34. The van der Waals surface area contributed by atoms with Crippen LogP contribution in [0, 0.1) is 12.8 Å². The second kappa shape index (κ2) is 4.95. The smallest absolute Gasteiger partial charge is 0.146 e. The predicted molar refractivity (Wildman–Crippen MR) is 64.0 cm³/mol. The summed E-state index contributed by atoms with van der Waals surface area (Å²) in [6, 6.07) is 0.682. The summed E-state index contributed by atoms with van der Waals surface area (Å²) < 4.78 is 2.06. The molecule has 0 aromatic carbocycles. The minimum absolute atomic E-state index is 0.682. The van der Waals surface area contributed by atoms with Gasteiger partial charge in [-0.05, 0) is 32.1 Å². The highest BCUT2D eigenvalue weighted by Gasteiger charge is 2.30. The molecule has 1 saturated carbocycles. The first-order chi connectivity index (χ1) is 7.72. The molecule has 2 rings (SSSR count). The van der Waals surface area contributed by atoms with Crippen LogP contribution in [-0.2, 0) is 13.6 Å². The number of nitrogens with one attached hydrogen (secondary N) is 1. The van der Waals surface area contributed by atoms with Gasteiger partial charge >= 0.3 is 0 Å². The van der Waals surface area contributed by atoms with E-state index in [-0.39, 0.29) is 0 Å². The van der Waals surface area contributed by atoms with Crippen molar-refractivity contribution in [2.75, 3.05) is 0 Å². The lowest BCUT2D eigenvalue weighted by Crippen LogP contribution is -2.31. The van der Waals surface area contributed by atoms with Crippen LogP contribution in [0.1, 0.15) is 44.3 Å². The van der Waals surface area contributed by atoms with Gasteiger partial charge in [-0.15, -0.1) is 10.2 Å². The Labute approximate surface area is 97.5 Å². The van der Waals surface area contributed by atoms with Crippen molar-refractivity contribution in [3.05, 3.63) is 11.6 Å². The zero-order valence-electron chi connectivity index (χ0n) is 10.5. The highest BCUT2D eigenvalue weighted by molar-refractivity contribution is 4.94. The molecule has 0 amide bonds. The van der Waals surface area contributed by atoms with E-state index >= 15 is 0 Å². The lowest BCUT2D eigenvalue weighted by Gasteiger charge is -2.16. The number of nitrogens with zero attached hydrogens (tertiary/aromatic N) is 3. The van der Waals surface area contributed by atoms with E-state index in [2.05, 4.69) is 27.0 Å². The Hall–Kier alpha value is -0.900. The monoisotopic (exact) mass is 222 g/mol. The Bertz CT molecular complexity index is 341. The van der Waals surface area contributed by atoms with Crippen molar-refractivity contribution in [3.63, 3.8) is 0 Å². The largest absolute Gasteiger partial charge is 0.317 e. The van der Waals surface area contributed by atoms with Crippen LogP contribution in [-0.4, -0.2) is 20.8 Å². The van der Waals surface area contributed by atoms with E-state index in [1.165, 1.54) is 25.7 Å². The van der Waals surface area contributed by atoms with Crippen LogP contribution in [0.25, 0.3) is 0 Å². The van der Waals surface area contributed by atoms with Crippen LogP contribution in [0.2, 0.25) is 0 Å². The Morgan fingerprint density at radius 3 is 2.69 bits per heavy atom. The molecule has 90 valence electrons. The van der Waals surface area contributed by atoms with E-state index in [9.17, 15) is 0 Å². The van der Waals surface area contributed by atoms with Crippen molar-refractivity contribution < 1.29 is 0 Å². The third-order valence-electron chi connectivity index (χ3n) is 3.50. The van der Waals surface area contributed by atoms with Gasteiger partial charge in [-0.25, -0.2) is 0 Å². The van der Waals surface area contributed by atoms with Gasteiger partial charge in [0.05, 0.1) is 6.54 Å². The van der Waals surface area contributed by atoms with Crippen LogP contribution < -0.4 is 5.32 Å². The van der Waals surface area contributed by atoms with Crippen molar-refractivity contribution in [1.29, 1.82) is 0 Å². The SMILES string of the molecule is CCCC(NCc1nnc(C)n1C)C1CC1. The fraction of sp³-hybridized carbons (Fsp3) is 0.833. The molecule has 0 saturated heterocycles. The number of rotatable bonds is 6. The topological polar surface area (TPSA) is 42.7 Å². The Balaban J connectivity index is 1.87. The van der Waals surface area contributed by atoms with E-state index in [4.69, 9.17) is 0 Å². The zero-order valence-corrected chi connectivity index (χ0v) is 10.5. The average Bonchev–Trinajstić information content (AvgIpc) is 3.05. The normalized spacial score (nSPS) is 17.7. The molecule has 1 heterocycles. The number of hydrogen-bond acceptors (Lipinski definition) is 3. The summed E-state index contributed by atoms with van der Waals surface area (Å²) in [5.74, 6) is 2.93. The first-order valence-corrected chi connectivity index (χ1v) is 6.30. The molecule has 1 aliphatic carbocycles. The van der Waals surface area contributed by atoms with Gasteiger partial charge in [0.1, 0.15) is 11.6 Å². The van der Waals surface area contributed by atoms with Gasteiger partial charge in [0.2, 0.25) is 0 Å². The second-order valence-electron chi connectivity index (χ2n) is 4.84. The molecule has 16 heavy (non-hydrogen) atoms. The third-order valence-corrected chi connectivity index (χ3v) is 3.50. The van der Waals surface area contributed by atoms with Gasteiger partial charge in [0, 0.05) is 13.1 Å². The molecule has 1 unspecified atom stereocenters. The third kappa shape index (κ3) is 2.61. The van der Waals surface area contributed by atoms with E-state index in [1.807, 2.05) is 14.0 Å². The molecule has 1 aliphatic rings. The number of aromatic nitrogens is 3. The zero-order chi connectivity index (χ0) is 11.5.